The molecular formula is C22H24N4O2. The van der Waals surface area contributed by atoms with Crippen LogP contribution in [0.5, 0.6) is 11.5 Å². The summed E-state index contributed by atoms with van der Waals surface area (Å²) in [4.78, 5) is 9.38. The number of anilines is 2. The summed E-state index contributed by atoms with van der Waals surface area (Å²) < 4.78 is 10.8. The van der Waals surface area contributed by atoms with E-state index in [0.29, 0.717) is 12.4 Å². The predicted octanol–water partition coefficient (Wildman–Crippen LogP) is 4.70. The molecule has 0 unspecified atom stereocenters. The Kier molecular flexibility index (Phi) is 5.56. The topological polar surface area (TPSA) is 68.3 Å². The SMILES string of the molecule is CCCCNc1cc(NCc2ccc3c(c2)OCO3)nc(-c2ccccc2)n1. The van der Waals surface area contributed by atoms with E-state index in [0.717, 1.165) is 53.6 Å². The summed E-state index contributed by atoms with van der Waals surface area (Å²) in [5.74, 6) is 3.89. The minimum absolute atomic E-state index is 0.283. The van der Waals surface area contributed by atoms with Gasteiger partial charge >= 0.3 is 0 Å². The molecule has 1 aliphatic heterocycles. The summed E-state index contributed by atoms with van der Waals surface area (Å²) >= 11 is 0. The van der Waals surface area contributed by atoms with Gasteiger partial charge in [0.1, 0.15) is 11.6 Å². The Bertz CT molecular complexity index is 931. The summed E-state index contributed by atoms with van der Waals surface area (Å²) in [6, 6.07) is 17.9. The Labute approximate surface area is 164 Å². The first-order valence-electron chi connectivity index (χ1n) is 9.62. The molecule has 4 rings (SSSR count). The van der Waals surface area contributed by atoms with Crippen molar-refractivity contribution in [2.24, 2.45) is 0 Å². The number of aromatic nitrogens is 2. The van der Waals surface area contributed by atoms with E-state index in [1.165, 1.54) is 0 Å². The van der Waals surface area contributed by atoms with Crippen LogP contribution < -0.4 is 20.1 Å². The molecule has 0 bridgehead atoms. The van der Waals surface area contributed by atoms with Gasteiger partial charge in [-0.25, -0.2) is 9.97 Å². The van der Waals surface area contributed by atoms with Crippen LogP contribution in [-0.2, 0) is 6.54 Å². The van der Waals surface area contributed by atoms with Gasteiger partial charge in [-0.05, 0) is 24.1 Å². The second kappa shape index (κ2) is 8.61. The average Bonchev–Trinajstić information content (AvgIpc) is 3.21. The van der Waals surface area contributed by atoms with Gasteiger partial charge in [0.2, 0.25) is 6.79 Å². The lowest BCUT2D eigenvalue weighted by atomic mass is 10.2. The van der Waals surface area contributed by atoms with Gasteiger partial charge in [0.15, 0.2) is 17.3 Å². The molecule has 6 nitrogen and oxygen atoms in total. The fraction of sp³-hybridized carbons (Fsp3) is 0.273. The van der Waals surface area contributed by atoms with Crippen LogP contribution in [0.1, 0.15) is 25.3 Å². The number of nitrogens with one attached hydrogen (secondary N) is 2. The molecule has 28 heavy (non-hydrogen) atoms. The second-order valence-electron chi connectivity index (χ2n) is 6.65. The van der Waals surface area contributed by atoms with Gasteiger partial charge in [0.25, 0.3) is 0 Å². The summed E-state index contributed by atoms with van der Waals surface area (Å²) in [7, 11) is 0. The summed E-state index contributed by atoms with van der Waals surface area (Å²) in [6.45, 7) is 3.99. The smallest absolute Gasteiger partial charge is 0.231 e. The van der Waals surface area contributed by atoms with Crippen LogP contribution in [0.3, 0.4) is 0 Å². The third kappa shape index (κ3) is 4.34. The molecule has 1 aliphatic rings. The molecule has 0 saturated carbocycles. The van der Waals surface area contributed by atoms with Gasteiger partial charge in [-0.1, -0.05) is 49.7 Å². The van der Waals surface area contributed by atoms with Crippen molar-refractivity contribution in [1.82, 2.24) is 9.97 Å². The van der Waals surface area contributed by atoms with Crippen molar-refractivity contribution in [3.05, 3.63) is 60.2 Å². The Balaban J connectivity index is 1.53. The highest BCUT2D eigenvalue weighted by Gasteiger charge is 2.13. The molecule has 0 spiro atoms. The molecule has 2 heterocycles. The molecule has 6 heteroatoms. The Morgan fingerprint density at radius 3 is 2.50 bits per heavy atom. The van der Waals surface area contributed by atoms with Crippen molar-refractivity contribution >= 4 is 11.6 Å². The van der Waals surface area contributed by atoms with E-state index in [1.54, 1.807) is 0 Å². The Morgan fingerprint density at radius 2 is 1.68 bits per heavy atom. The van der Waals surface area contributed by atoms with E-state index in [9.17, 15) is 0 Å². The molecule has 0 radical (unpaired) electrons. The maximum atomic E-state index is 5.46. The monoisotopic (exact) mass is 376 g/mol. The van der Waals surface area contributed by atoms with E-state index in [4.69, 9.17) is 14.5 Å². The van der Waals surface area contributed by atoms with Gasteiger partial charge in [0, 0.05) is 24.7 Å². The lowest BCUT2D eigenvalue weighted by Gasteiger charge is -2.12. The van der Waals surface area contributed by atoms with Crippen molar-refractivity contribution < 1.29 is 9.47 Å². The normalized spacial score (nSPS) is 12.0. The van der Waals surface area contributed by atoms with Crippen LogP contribution in [-0.4, -0.2) is 23.3 Å². The summed E-state index contributed by atoms with van der Waals surface area (Å²) in [5.41, 5.74) is 2.09. The minimum Gasteiger partial charge on any atom is -0.454 e. The molecule has 0 aliphatic carbocycles. The first-order valence-corrected chi connectivity index (χ1v) is 9.62. The minimum atomic E-state index is 0.283. The zero-order valence-electron chi connectivity index (χ0n) is 15.9. The Hall–Kier alpha value is -3.28. The number of ether oxygens (including phenoxy) is 2. The van der Waals surface area contributed by atoms with Gasteiger partial charge in [-0.2, -0.15) is 0 Å². The third-order valence-corrected chi connectivity index (χ3v) is 4.51. The van der Waals surface area contributed by atoms with Crippen LogP contribution >= 0.6 is 0 Å². The summed E-state index contributed by atoms with van der Waals surface area (Å²) in [5, 5.41) is 6.81. The van der Waals surface area contributed by atoms with Crippen molar-refractivity contribution in [3.8, 4) is 22.9 Å². The first-order chi connectivity index (χ1) is 13.8. The maximum Gasteiger partial charge on any atom is 0.231 e. The molecule has 0 amide bonds. The Morgan fingerprint density at radius 1 is 0.893 bits per heavy atom. The fourth-order valence-electron chi connectivity index (χ4n) is 2.98. The quantitative estimate of drug-likeness (QED) is 0.556. The van der Waals surface area contributed by atoms with Crippen molar-refractivity contribution in [1.29, 1.82) is 0 Å². The van der Waals surface area contributed by atoms with Crippen LogP contribution in [0.2, 0.25) is 0 Å². The van der Waals surface area contributed by atoms with Crippen molar-refractivity contribution in [3.63, 3.8) is 0 Å². The van der Waals surface area contributed by atoms with Crippen LogP contribution in [0.4, 0.5) is 11.6 Å². The number of unbranched alkanes of at least 4 members (excludes halogenated alkanes) is 1. The van der Waals surface area contributed by atoms with Crippen molar-refractivity contribution in [2.75, 3.05) is 24.0 Å². The molecule has 0 saturated heterocycles. The van der Waals surface area contributed by atoms with E-state index in [1.807, 2.05) is 54.6 Å². The van der Waals surface area contributed by atoms with Crippen LogP contribution in [0.25, 0.3) is 11.4 Å². The zero-order valence-corrected chi connectivity index (χ0v) is 15.9. The van der Waals surface area contributed by atoms with E-state index < -0.39 is 0 Å². The van der Waals surface area contributed by atoms with E-state index in [2.05, 4.69) is 22.5 Å². The van der Waals surface area contributed by atoms with E-state index >= 15 is 0 Å². The number of rotatable bonds is 8. The number of hydrogen-bond donors (Lipinski definition) is 2. The highest BCUT2D eigenvalue weighted by atomic mass is 16.7. The van der Waals surface area contributed by atoms with Gasteiger partial charge < -0.3 is 20.1 Å². The average molecular weight is 376 g/mol. The molecule has 2 N–H and O–H groups in total. The lowest BCUT2D eigenvalue weighted by molar-refractivity contribution is 0.174. The molecule has 144 valence electrons. The van der Waals surface area contributed by atoms with Gasteiger partial charge in [-0.3, -0.25) is 0 Å². The number of fused-ring (bicyclic) bond motifs is 1. The molecule has 3 aromatic rings. The summed E-state index contributed by atoms with van der Waals surface area (Å²) in [6.07, 6.45) is 2.24. The van der Waals surface area contributed by atoms with Gasteiger partial charge in [-0.15, -0.1) is 0 Å². The largest absolute Gasteiger partial charge is 0.454 e. The lowest BCUT2D eigenvalue weighted by Crippen LogP contribution is -2.08. The maximum absolute atomic E-state index is 5.46. The molecule has 1 aromatic heterocycles. The zero-order chi connectivity index (χ0) is 19.2. The first kappa shape index (κ1) is 18.1. The predicted molar refractivity (Wildman–Crippen MR) is 111 cm³/mol. The molecular weight excluding hydrogens is 352 g/mol. The standard InChI is InChI=1S/C22H24N4O2/c1-2-3-11-23-20-13-21(26-22(25-20)17-7-5-4-6-8-17)24-14-16-9-10-18-19(12-16)28-15-27-18/h4-10,12-13H,2-3,11,14-15H2,1H3,(H2,23,24,25,26). The second-order valence-corrected chi connectivity index (χ2v) is 6.65. The highest BCUT2D eigenvalue weighted by Crippen LogP contribution is 2.32. The number of hydrogen-bond acceptors (Lipinski definition) is 6. The molecule has 0 atom stereocenters. The number of nitrogens with zero attached hydrogens (tertiary/aromatic N) is 2. The van der Waals surface area contributed by atoms with Crippen molar-refractivity contribution in [2.45, 2.75) is 26.3 Å². The van der Waals surface area contributed by atoms with Gasteiger partial charge in [0.05, 0.1) is 0 Å². The van der Waals surface area contributed by atoms with Crippen LogP contribution in [0.15, 0.2) is 54.6 Å². The number of benzene rings is 2. The van der Waals surface area contributed by atoms with Crippen LogP contribution in [0, 0.1) is 0 Å². The van der Waals surface area contributed by atoms with E-state index in [-0.39, 0.29) is 6.79 Å². The molecule has 0 fully saturated rings. The molecule has 2 aromatic carbocycles. The fourth-order valence-corrected chi connectivity index (χ4v) is 2.98. The highest BCUT2D eigenvalue weighted by molar-refractivity contribution is 5.61. The third-order valence-electron chi connectivity index (χ3n) is 4.51.